The fourth-order valence-corrected chi connectivity index (χ4v) is 2.33. The Morgan fingerprint density at radius 1 is 1.56 bits per heavy atom. The minimum Gasteiger partial charge on any atom is -0.465 e. The third-order valence-corrected chi connectivity index (χ3v) is 3.22. The average Bonchev–Trinajstić information content (AvgIpc) is 2.77. The normalized spacial score (nSPS) is 19.2. The molecule has 2 N–H and O–H groups in total. The van der Waals surface area contributed by atoms with E-state index in [9.17, 15) is 9.18 Å². The number of carbonyl (C=O) groups is 1. The molecule has 18 heavy (non-hydrogen) atoms. The molecule has 1 heterocycles. The molecule has 1 amide bonds. The predicted octanol–water partition coefficient (Wildman–Crippen LogP) is 2.06. The van der Waals surface area contributed by atoms with Crippen molar-refractivity contribution in [1.29, 1.82) is 0 Å². The van der Waals surface area contributed by atoms with E-state index in [2.05, 4.69) is 5.32 Å². The van der Waals surface area contributed by atoms with E-state index in [0.717, 1.165) is 18.4 Å². The predicted molar refractivity (Wildman–Crippen MR) is 65.9 cm³/mol. The topological polar surface area (TPSA) is 52.6 Å². The van der Waals surface area contributed by atoms with Crippen molar-refractivity contribution in [3.63, 3.8) is 0 Å². The summed E-state index contributed by atoms with van der Waals surface area (Å²) in [5, 5.41) is 12.2. The lowest BCUT2D eigenvalue weighted by Gasteiger charge is -2.21. The van der Waals surface area contributed by atoms with Gasteiger partial charge in [-0.05, 0) is 30.5 Å². The van der Waals surface area contributed by atoms with Gasteiger partial charge in [0, 0.05) is 25.7 Å². The largest absolute Gasteiger partial charge is 0.465 e. The van der Waals surface area contributed by atoms with Crippen LogP contribution in [0.5, 0.6) is 0 Å². The third kappa shape index (κ3) is 3.20. The Morgan fingerprint density at radius 2 is 2.39 bits per heavy atom. The van der Waals surface area contributed by atoms with Crippen molar-refractivity contribution in [1.82, 2.24) is 10.2 Å². The van der Waals surface area contributed by atoms with Crippen LogP contribution in [0.2, 0.25) is 0 Å². The molecule has 1 aromatic rings. The first-order valence-electron chi connectivity index (χ1n) is 6.11. The van der Waals surface area contributed by atoms with E-state index in [0.29, 0.717) is 19.6 Å². The van der Waals surface area contributed by atoms with E-state index in [4.69, 9.17) is 5.11 Å². The number of amides is 1. The van der Waals surface area contributed by atoms with Gasteiger partial charge in [0.05, 0.1) is 0 Å². The summed E-state index contributed by atoms with van der Waals surface area (Å²) in [5.41, 5.74) is 0.870. The number of likely N-dealkylation sites (tertiary alicyclic amines) is 1. The van der Waals surface area contributed by atoms with E-state index in [1.807, 2.05) is 6.07 Å². The van der Waals surface area contributed by atoms with Crippen LogP contribution in [-0.4, -0.2) is 35.2 Å². The fourth-order valence-electron chi connectivity index (χ4n) is 2.33. The van der Waals surface area contributed by atoms with Crippen LogP contribution in [0.4, 0.5) is 9.18 Å². The van der Waals surface area contributed by atoms with Crippen LogP contribution < -0.4 is 5.32 Å². The smallest absolute Gasteiger partial charge is 0.407 e. The minimum atomic E-state index is -0.856. The van der Waals surface area contributed by atoms with Crippen LogP contribution >= 0.6 is 0 Å². The minimum absolute atomic E-state index is 0.0380. The van der Waals surface area contributed by atoms with Gasteiger partial charge in [-0.1, -0.05) is 12.1 Å². The number of benzene rings is 1. The first-order chi connectivity index (χ1) is 8.66. The molecule has 98 valence electrons. The molecule has 1 aliphatic rings. The van der Waals surface area contributed by atoms with Crippen molar-refractivity contribution in [2.24, 2.45) is 0 Å². The molecular formula is C13H17FN2O2. The maximum absolute atomic E-state index is 12.9. The lowest BCUT2D eigenvalue weighted by atomic mass is 10.2. The lowest BCUT2D eigenvalue weighted by Crippen LogP contribution is -2.40. The van der Waals surface area contributed by atoms with E-state index in [-0.39, 0.29) is 11.9 Å². The summed E-state index contributed by atoms with van der Waals surface area (Å²) in [7, 11) is 0. The van der Waals surface area contributed by atoms with E-state index >= 15 is 0 Å². The van der Waals surface area contributed by atoms with Gasteiger partial charge in [0.2, 0.25) is 0 Å². The summed E-state index contributed by atoms with van der Waals surface area (Å²) >= 11 is 0. The average molecular weight is 252 g/mol. The van der Waals surface area contributed by atoms with Crippen molar-refractivity contribution < 1.29 is 14.3 Å². The summed E-state index contributed by atoms with van der Waals surface area (Å²) < 4.78 is 12.9. The van der Waals surface area contributed by atoms with Gasteiger partial charge in [-0.3, -0.25) is 0 Å². The van der Waals surface area contributed by atoms with Crippen molar-refractivity contribution in [2.75, 3.05) is 13.1 Å². The van der Waals surface area contributed by atoms with Crippen LogP contribution in [0.25, 0.3) is 0 Å². The molecule has 0 spiro atoms. The summed E-state index contributed by atoms with van der Waals surface area (Å²) in [6.45, 7) is 1.78. The summed E-state index contributed by atoms with van der Waals surface area (Å²) in [4.78, 5) is 12.4. The maximum atomic E-state index is 12.9. The highest BCUT2D eigenvalue weighted by Gasteiger charge is 2.27. The molecule has 2 rings (SSSR count). The van der Waals surface area contributed by atoms with Gasteiger partial charge < -0.3 is 15.3 Å². The zero-order valence-corrected chi connectivity index (χ0v) is 10.1. The van der Waals surface area contributed by atoms with Crippen molar-refractivity contribution in [3.05, 3.63) is 35.6 Å². The van der Waals surface area contributed by atoms with Gasteiger partial charge in [-0.15, -0.1) is 0 Å². The highest BCUT2D eigenvalue weighted by Crippen LogP contribution is 2.16. The molecule has 4 nitrogen and oxygen atoms in total. The van der Waals surface area contributed by atoms with Gasteiger partial charge in [-0.2, -0.15) is 0 Å². The summed E-state index contributed by atoms with van der Waals surface area (Å²) in [5.74, 6) is -0.248. The molecule has 1 atom stereocenters. The Morgan fingerprint density at radius 3 is 3.11 bits per heavy atom. The highest BCUT2D eigenvalue weighted by atomic mass is 19.1. The third-order valence-electron chi connectivity index (χ3n) is 3.22. The number of hydrogen-bond acceptors (Lipinski definition) is 2. The number of hydrogen-bond donors (Lipinski definition) is 2. The standard InChI is InChI=1S/C13H17FN2O2/c14-11-4-1-3-10(7-11)8-15-9-12-5-2-6-16(12)13(17)18/h1,3-4,7,12,15H,2,5-6,8-9H2,(H,17,18)/t12-/m1/s1. The van der Waals surface area contributed by atoms with Gasteiger partial charge in [-0.25, -0.2) is 9.18 Å². The van der Waals surface area contributed by atoms with Crippen LogP contribution in [0.3, 0.4) is 0 Å². The molecule has 5 heteroatoms. The fraction of sp³-hybridized carbons (Fsp3) is 0.462. The Kier molecular flexibility index (Phi) is 4.15. The van der Waals surface area contributed by atoms with Gasteiger partial charge >= 0.3 is 6.09 Å². The van der Waals surface area contributed by atoms with E-state index in [1.54, 1.807) is 6.07 Å². The van der Waals surface area contributed by atoms with Crippen molar-refractivity contribution in [2.45, 2.75) is 25.4 Å². The Balaban J connectivity index is 1.80. The second-order valence-corrected chi connectivity index (χ2v) is 4.53. The second kappa shape index (κ2) is 5.82. The number of nitrogens with zero attached hydrogens (tertiary/aromatic N) is 1. The molecule has 1 saturated heterocycles. The number of rotatable bonds is 4. The van der Waals surface area contributed by atoms with Gasteiger partial charge in [0.1, 0.15) is 5.82 Å². The molecule has 0 unspecified atom stereocenters. The highest BCUT2D eigenvalue weighted by molar-refractivity contribution is 5.65. The van der Waals surface area contributed by atoms with Gasteiger partial charge in [0.15, 0.2) is 0 Å². The number of nitrogens with one attached hydrogen (secondary N) is 1. The first kappa shape index (κ1) is 12.8. The zero-order chi connectivity index (χ0) is 13.0. The first-order valence-corrected chi connectivity index (χ1v) is 6.11. The van der Waals surface area contributed by atoms with E-state index in [1.165, 1.54) is 17.0 Å². The Labute approximate surface area is 105 Å². The molecular weight excluding hydrogens is 235 g/mol. The quantitative estimate of drug-likeness (QED) is 0.862. The van der Waals surface area contributed by atoms with Gasteiger partial charge in [0.25, 0.3) is 0 Å². The number of halogens is 1. The lowest BCUT2D eigenvalue weighted by molar-refractivity contribution is 0.139. The summed E-state index contributed by atoms with van der Waals surface area (Å²) in [6.07, 6.45) is 0.950. The Bertz CT molecular complexity index is 425. The van der Waals surface area contributed by atoms with Crippen LogP contribution in [-0.2, 0) is 6.54 Å². The maximum Gasteiger partial charge on any atom is 0.407 e. The molecule has 0 saturated carbocycles. The molecule has 1 fully saturated rings. The van der Waals surface area contributed by atoms with E-state index < -0.39 is 6.09 Å². The summed E-state index contributed by atoms with van der Waals surface area (Å²) in [6, 6.07) is 6.45. The van der Waals surface area contributed by atoms with Crippen LogP contribution in [0.1, 0.15) is 18.4 Å². The van der Waals surface area contributed by atoms with Crippen LogP contribution in [0, 0.1) is 5.82 Å². The van der Waals surface area contributed by atoms with Crippen LogP contribution in [0.15, 0.2) is 24.3 Å². The van der Waals surface area contributed by atoms with Crippen molar-refractivity contribution >= 4 is 6.09 Å². The molecule has 0 aliphatic carbocycles. The Hall–Kier alpha value is -1.62. The molecule has 0 aromatic heterocycles. The van der Waals surface area contributed by atoms with Crippen molar-refractivity contribution in [3.8, 4) is 0 Å². The monoisotopic (exact) mass is 252 g/mol. The zero-order valence-electron chi connectivity index (χ0n) is 10.1. The molecule has 1 aromatic carbocycles. The molecule has 0 bridgehead atoms. The number of carboxylic acid groups (broad SMARTS) is 1. The second-order valence-electron chi connectivity index (χ2n) is 4.53. The molecule has 0 radical (unpaired) electrons. The molecule has 1 aliphatic heterocycles. The SMILES string of the molecule is O=C(O)N1CCC[C@@H]1CNCc1cccc(F)c1.